The van der Waals surface area contributed by atoms with Gasteiger partial charge in [0.1, 0.15) is 6.10 Å². The van der Waals surface area contributed by atoms with E-state index in [2.05, 4.69) is 13.2 Å². The van der Waals surface area contributed by atoms with Crippen LogP contribution in [0.15, 0.2) is 13.2 Å². The van der Waals surface area contributed by atoms with E-state index in [1.807, 2.05) is 0 Å². The number of aliphatic hydroxyl groups is 3. The lowest BCUT2D eigenvalue weighted by Gasteiger charge is -1.96. The van der Waals surface area contributed by atoms with E-state index in [0.29, 0.717) is 0 Å². The maximum absolute atomic E-state index is 8.56. The molecule has 0 amide bonds. The van der Waals surface area contributed by atoms with Crippen LogP contribution in [0.25, 0.3) is 0 Å². The third-order valence-electron chi connectivity index (χ3n) is 0.421. The monoisotopic (exact) mass is 182 g/mol. The molecule has 0 saturated heterocycles. The van der Waals surface area contributed by atoms with E-state index in [9.17, 15) is 0 Å². The molecule has 74 valence electrons. The summed E-state index contributed by atoms with van der Waals surface area (Å²) in [5, 5.41) is 38.0. The second kappa shape index (κ2) is 16.5. The molecule has 6 nitrogen and oxygen atoms in total. The van der Waals surface area contributed by atoms with E-state index < -0.39 is 12.3 Å². The highest BCUT2D eigenvalue weighted by Gasteiger charge is 1.93. The lowest BCUT2D eigenvalue weighted by atomic mass is 10.4. The van der Waals surface area contributed by atoms with Crippen LogP contribution in [0.5, 0.6) is 0 Å². The molecular weight excluding hydrogens is 168 g/mol. The predicted molar refractivity (Wildman–Crippen MR) is 42.1 cm³/mol. The summed E-state index contributed by atoms with van der Waals surface area (Å²) in [5.74, 6) is 0. The van der Waals surface area contributed by atoms with E-state index in [4.69, 9.17) is 30.3 Å². The minimum atomic E-state index is -1.83. The first-order valence-corrected chi connectivity index (χ1v) is 2.86. The normalized spacial score (nSPS) is 7.33. The number of hydrogen-bond acceptors (Lipinski definition) is 4. The SMILES string of the molecule is C=C.O=C(O)O.OCC(O)CO. The molecule has 0 fully saturated rings. The number of carbonyl (C=O) groups is 1. The lowest BCUT2D eigenvalue weighted by molar-refractivity contribution is 0.0450. The quantitative estimate of drug-likeness (QED) is 0.362. The Bertz CT molecular complexity index is 86.0. The molecule has 0 aliphatic heterocycles. The second-order valence-electron chi connectivity index (χ2n) is 1.30. The fourth-order valence-electron chi connectivity index (χ4n) is 0.0577. The van der Waals surface area contributed by atoms with Gasteiger partial charge in [-0.15, -0.1) is 13.2 Å². The molecule has 0 aliphatic rings. The Labute approximate surface area is 70.0 Å². The first-order valence-electron chi connectivity index (χ1n) is 2.86. The van der Waals surface area contributed by atoms with Crippen molar-refractivity contribution in [1.82, 2.24) is 0 Å². The Morgan fingerprint density at radius 3 is 1.33 bits per heavy atom. The van der Waals surface area contributed by atoms with Gasteiger partial charge in [-0.1, -0.05) is 0 Å². The van der Waals surface area contributed by atoms with Crippen molar-refractivity contribution in [2.45, 2.75) is 6.10 Å². The fourth-order valence-corrected chi connectivity index (χ4v) is 0.0577. The molecule has 5 N–H and O–H groups in total. The number of hydrogen-bond donors (Lipinski definition) is 5. The van der Waals surface area contributed by atoms with Crippen LogP contribution in [0.3, 0.4) is 0 Å². The van der Waals surface area contributed by atoms with Crippen molar-refractivity contribution in [1.29, 1.82) is 0 Å². The number of carboxylic acid groups (broad SMARTS) is 2. The molecule has 0 aliphatic carbocycles. The third-order valence-corrected chi connectivity index (χ3v) is 0.421. The average Bonchev–Trinajstić information content (AvgIpc) is 2.06. The van der Waals surface area contributed by atoms with Crippen molar-refractivity contribution in [2.75, 3.05) is 13.2 Å². The van der Waals surface area contributed by atoms with Crippen LogP contribution in [0.2, 0.25) is 0 Å². The van der Waals surface area contributed by atoms with E-state index in [-0.39, 0.29) is 13.2 Å². The van der Waals surface area contributed by atoms with Gasteiger partial charge in [-0.05, 0) is 0 Å². The van der Waals surface area contributed by atoms with Gasteiger partial charge in [0.05, 0.1) is 13.2 Å². The number of aliphatic hydroxyl groups excluding tert-OH is 3. The van der Waals surface area contributed by atoms with Crippen molar-refractivity contribution in [3.63, 3.8) is 0 Å². The van der Waals surface area contributed by atoms with Crippen LogP contribution in [-0.4, -0.2) is 51.0 Å². The molecule has 0 atom stereocenters. The molecule has 0 radical (unpaired) electrons. The molecule has 0 rings (SSSR count). The van der Waals surface area contributed by atoms with E-state index in [1.165, 1.54) is 0 Å². The van der Waals surface area contributed by atoms with Gasteiger partial charge in [-0.3, -0.25) is 0 Å². The second-order valence-corrected chi connectivity index (χ2v) is 1.30. The maximum Gasteiger partial charge on any atom is 0.503 e. The summed E-state index contributed by atoms with van der Waals surface area (Å²) >= 11 is 0. The van der Waals surface area contributed by atoms with E-state index in [0.717, 1.165) is 0 Å². The van der Waals surface area contributed by atoms with Crippen LogP contribution in [0.1, 0.15) is 0 Å². The molecule has 0 aromatic rings. The molecule has 0 aromatic carbocycles. The van der Waals surface area contributed by atoms with Crippen LogP contribution >= 0.6 is 0 Å². The van der Waals surface area contributed by atoms with Crippen molar-refractivity contribution >= 4 is 6.16 Å². The maximum atomic E-state index is 8.56. The largest absolute Gasteiger partial charge is 0.503 e. The molecule has 12 heavy (non-hydrogen) atoms. The van der Waals surface area contributed by atoms with Gasteiger partial charge >= 0.3 is 6.16 Å². The van der Waals surface area contributed by atoms with Gasteiger partial charge < -0.3 is 25.5 Å². The first-order chi connectivity index (χ1) is 5.54. The Kier molecular flexibility index (Phi) is 23.5. The van der Waals surface area contributed by atoms with Crippen molar-refractivity contribution in [3.8, 4) is 0 Å². The van der Waals surface area contributed by atoms with Crippen molar-refractivity contribution in [2.24, 2.45) is 0 Å². The minimum Gasteiger partial charge on any atom is -0.450 e. The molecule has 6 heteroatoms. The van der Waals surface area contributed by atoms with E-state index >= 15 is 0 Å². The Morgan fingerprint density at radius 1 is 1.17 bits per heavy atom. The summed E-state index contributed by atoms with van der Waals surface area (Å²) in [4.78, 5) is 8.56. The van der Waals surface area contributed by atoms with E-state index in [1.54, 1.807) is 0 Å². The average molecular weight is 182 g/mol. The smallest absolute Gasteiger partial charge is 0.450 e. The minimum absolute atomic E-state index is 0.365. The van der Waals surface area contributed by atoms with Crippen LogP contribution in [0.4, 0.5) is 4.79 Å². The highest BCUT2D eigenvalue weighted by atomic mass is 16.6. The van der Waals surface area contributed by atoms with Crippen molar-refractivity contribution < 1.29 is 30.3 Å². The molecule has 0 bridgehead atoms. The highest BCUT2D eigenvalue weighted by molar-refractivity contribution is 5.53. The van der Waals surface area contributed by atoms with Gasteiger partial charge in [0.15, 0.2) is 0 Å². The first kappa shape index (κ1) is 17.1. The zero-order valence-electron chi connectivity index (χ0n) is 6.55. The zero-order valence-corrected chi connectivity index (χ0v) is 6.55. The molecule has 0 spiro atoms. The molecular formula is C6H14O6. The summed E-state index contributed by atoms with van der Waals surface area (Å²) < 4.78 is 0. The van der Waals surface area contributed by atoms with Gasteiger partial charge in [-0.25, -0.2) is 4.79 Å². The van der Waals surface area contributed by atoms with Gasteiger partial charge in [0.2, 0.25) is 0 Å². The van der Waals surface area contributed by atoms with Gasteiger partial charge in [-0.2, -0.15) is 0 Å². The highest BCUT2D eigenvalue weighted by Crippen LogP contribution is 1.71. The molecule has 0 aromatic heterocycles. The standard InChI is InChI=1S/C3H8O3.C2H4.CH2O3/c4-1-3(6)2-5;1-2;2-1(3)4/h3-6H,1-2H2;1-2H2;(H2,2,3,4). The summed E-state index contributed by atoms with van der Waals surface area (Å²) in [6.45, 7) is 5.27. The third kappa shape index (κ3) is 66.3. The summed E-state index contributed by atoms with van der Waals surface area (Å²) in [5.41, 5.74) is 0. The summed E-state index contributed by atoms with van der Waals surface area (Å²) in [6.07, 6.45) is -2.79. The molecule has 0 heterocycles. The Balaban J connectivity index is -0.000000118. The zero-order chi connectivity index (χ0) is 10.6. The molecule has 0 saturated carbocycles. The summed E-state index contributed by atoms with van der Waals surface area (Å²) in [7, 11) is 0. The van der Waals surface area contributed by atoms with Crippen LogP contribution in [0, 0.1) is 0 Å². The topological polar surface area (TPSA) is 118 Å². The predicted octanol–water partition coefficient (Wildman–Crippen LogP) is -0.644. The fraction of sp³-hybridized carbons (Fsp3) is 0.500. The number of rotatable bonds is 2. The Hall–Kier alpha value is -1.11. The van der Waals surface area contributed by atoms with Crippen LogP contribution < -0.4 is 0 Å². The van der Waals surface area contributed by atoms with Crippen LogP contribution in [-0.2, 0) is 0 Å². The Morgan fingerprint density at radius 2 is 1.33 bits per heavy atom. The van der Waals surface area contributed by atoms with Crippen molar-refractivity contribution in [3.05, 3.63) is 13.2 Å². The summed E-state index contributed by atoms with van der Waals surface area (Å²) in [6, 6.07) is 0. The van der Waals surface area contributed by atoms with Gasteiger partial charge in [0.25, 0.3) is 0 Å². The van der Waals surface area contributed by atoms with Gasteiger partial charge in [0, 0.05) is 0 Å². The molecule has 0 unspecified atom stereocenters. The lowest BCUT2D eigenvalue weighted by Crippen LogP contribution is -2.15.